The van der Waals surface area contributed by atoms with Gasteiger partial charge in [-0.1, -0.05) is 42.1 Å². The zero-order valence-electron chi connectivity index (χ0n) is 16.7. The lowest BCUT2D eigenvalue weighted by Gasteiger charge is -2.15. The molecular formula is C23H21N3O2S3. The van der Waals surface area contributed by atoms with E-state index in [2.05, 4.69) is 23.5 Å². The zero-order chi connectivity index (χ0) is 21.2. The van der Waals surface area contributed by atoms with Crippen molar-refractivity contribution in [2.75, 3.05) is 5.75 Å². The number of thioether (sulfide) groups is 1. The zero-order valence-corrected chi connectivity index (χ0v) is 19.2. The van der Waals surface area contributed by atoms with Gasteiger partial charge in [0.2, 0.25) is 5.91 Å². The van der Waals surface area contributed by atoms with E-state index in [4.69, 9.17) is 4.98 Å². The van der Waals surface area contributed by atoms with Gasteiger partial charge in [0.25, 0.3) is 5.56 Å². The van der Waals surface area contributed by atoms with Crippen LogP contribution in [0.25, 0.3) is 10.2 Å². The van der Waals surface area contributed by atoms with E-state index in [1.165, 1.54) is 39.1 Å². The number of fused-ring (bicyclic) bond motifs is 2. The summed E-state index contributed by atoms with van der Waals surface area (Å²) in [6.45, 7) is 0.556. The standard InChI is InChI=1S/C23H21N3O2S3/c27-20(24-18-8-7-15-4-1-2-6-17(15)18)14-31-23-25-19-10-13-30-21(19)22(28)26(23)11-9-16-5-3-12-29-16/h1-6,10,12-13,18H,7-9,11,14H2,(H,24,27)/t18-/m0/s1. The number of nitrogens with zero attached hydrogens (tertiary/aromatic N) is 2. The van der Waals surface area contributed by atoms with Crippen molar-refractivity contribution >= 4 is 50.6 Å². The van der Waals surface area contributed by atoms with E-state index < -0.39 is 0 Å². The molecule has 0 aliphatic heterocycles. The van der Waals surface area contributed by atoms with Crippen LogP contribution in [0.15, 0.2) is 63.2 Å². The number of hydrogen-bond acceptors (Lipinski definition) is 6. The molecule has 158 valence electrons. The summed E-state index contributed by atoms with van der Waals surface area (Å²) in [6.07, 6.45) is 2.70. The van der Waals surface area contributed by atoms with Crippen LogP contribution in [0.1, 0.15) is 28.5 Å². The summed E-state index contributed by atoms with van der Waals surface area (Å²) in [5.41, 5.74) is 3.21. The molecule has 3 aromatic heterocycles. The first-order valence-corrected chi connectivity index (χ1v) is 12.9. The number of nitrogens with one attached hydrogen (secondary N) is 1. The van der Waals surface area contributed by atoms with Gasteiger partial charge < -0.3 is 5.32 Å². The van der Waals surface area contributed by atoms with Crippen LogP contribution in [0, 0.1) is 0 Å². The van der Waals surface area contributed by atoms with Gasteiger partial charge in [0.05, 0.1) is 17.3 Å². The van der Waals surface area contributed by atoms with E-state index in [0.29, 0.717) is 21.9 Å². The summed E-state index contributed by atoms with van der Waals surface area (Å²) in [5, 5.41) is 7.69. The van der Waals surface area contributed by atoms with Gasteiger partial charge in [-0.25, -0.2) is 4.98 Å². The van der Waals surface area contributed by atoms with Gasteiger partial charge in [-0.2, -0.15) is 0 Å². The predicted octanol–water partition coefficient (Wildman–Crippen LogP) is 4.66. The highest BCUT2D eigenvalue weighted by atomic mass is 32.2. The van der Waals surface area contributed by atoms with Gasteiger partial charge in [-0.05, 0) is 53.3 Å². The summed E-state index contributed by atoms with van der Waals surface area (Å²) in [5.74, 6) is 0.205. The highest BCUT2D eigenvalue weighted by Crippen LogP contribution is 2.31. The van der Waals surface area contributed by atoms with Crippen LogP contribution in [-0.4, -0.2) is 21.2 Å². The van der Waals surface area contributed by atoms with Crippen molar-refractivity contribution in [1.29, 1.82) is 0 Å². The van der Waals surface area contributed by atoms with E-state index in [0.717, 1.165) is 19.3 Å². The smallest absolute Gasteiger partial charge is 0.272 e. The molecule has 1 aromatic carbocycles. The van der Waals surface area contributed by atoms with E-state index in [-0.39, 0.29) is 23.3 Å². The SMILES string of the molecule is O=C(CSc1nc2ccsc2c(=O)n1CCc1cccs1)N[C@H]1CCc2ccccc21. The Morgan fingerprint density at radius 1 is 1.16 bits per heavy atom. The van der Waals surface area contributed by atoms with Gasteiger partial charge in [0.15, 0.2) is 5.16 Å². The van der Waals surface area contributed by atoms with Crippen LogP contribution in [0.3, 0.4) is 0 Å². The molecule has 1 amide bonds. The first-order valence-electron chi connectivity index (χ1n) is 10.2. The lowest BCUT2D eigenvalue weighted by Crippen LogP contribution is -2.29. The Kier molecular flexibility index (Phi) is 5.93. The van der Waals surface area contributed by atoms with Gasteiger partial charge in [0, 0.05) is 11.4 Å². The van der Waals surface area contributed by atoms with Crippen LogP contribution in [0.5, 0.6) is 0 Å². The van der Waals surface area contributed by atoms with Gasteiger partial charge in [-0.15, -0.1) is 22.7 Å². The normalized spacial score (nSPS) is 15.3. The summed E-state index contributed by atoms with van der Waals surface area (Å²) in [7, 11) is 0. The molecule has 0 fully saturated rings. The molecule has 1 atom stereocenters. The molecule has 0 bridgehead atoms. The van der Waals surface area contributed by atoms with Crippen molar-refractivity contribution in [2.24, 2.45) is 0 Å². The summed E-state index contributed by atoms with van der Waals surface area (Å²) < 4.78 is 2.39. The van der Waals surface area contributed by atoms with Crippen LogP contribution in [-0.2, 0) is 24.2 Å². The third-order valence-corrected chi connectivity index (χ3v) is 8.30. The molecule has 0 spiro atoms. The number of carbonyl (C=O) groups excluding carboxylic acids is 1. The number of hydrogen-bond donors (Lipinski definition) is 1. The Morgan fingerprint density at radius 2 is 2.06 bits per heavy atom. The molecule has 3 heterocycles. The quantitative estimate of drug-likeness (QED) is 0.317. The maximum atomic E-state index is 13.1. The fraction of sp³-hybridized carbons (Fsp3) is 0.261. The van der Waals surface area contributed by atoms with Crippen LogP contribution in [0.4, 0.5) is 0 Å². The summed E-state index contributed by atoms with van der Waals surface area (Å²) in [6, 6.07) is 14.3. The third kappa shape index (κ3) is 4.33. The Balaban J connectivity index is 1.31. The topological polar surface area (TPSA) is 64.0 Å². The largest absolute Gasteiger partial charge is 0.349 e. The molecule has 31 heavy (non-hydrogen) atoms. The second kappa shape index (κ2) is 8.98. The van der Waals surface area contributed by atoms with Crippen LogP contribution < -0.4 is 10.9 Å². The minimum Gasteiger partial charge on any atom is -0.349 e. The minimum atomic E-state index is -0.0313. The molecule has 0 saturated heterocycles. The molecule has 1 aliphatic rings. The average molecular weight is 468 g/mol. The molecule has 0 unspecified atom stereocenters. The lowest BCUT2D eigenvalue weighted by atomic mass is 10.1. The molecule has 1 aliphatic carbocycles. The number of aromatic nitrogens is 2. The molecule has 8 heteroatoms. The molecular weight excluding hydrogens is 446 g/mol. The van der Waals surface area contributed by atoms with Crippen LogP contribution >= 0.6 is 34.4 Å². The number of rotatable bonds is 7. The maximum Gasteiger partial charge on any atom is 0.272 e. The number of benzene rings is 1. The number of aryl methyl sites for hydroxylation is 2. The minimum absolute atomic E-state index is 0.0239. The highest BCUT2D eigenvalue weighted by Gasteiger charge is 2.23. The van der Waals surface area contributed by atoms with E-state index in [1.807, 2.05) is 35.0 Å². The first-order chi connectivity index (χ1) is 15.2. The second-order valence-corrected chi connectivity index (χ2v) is 10.4. The van der Waals surface area contributed by atoms with E-state index in [9.17, 15) is 9.59 Å². The van der Waals surface area contributed by atoms with Crippen LogP contribution in [0.2, 0.25) is 0 Å². The van der Waals surface area contributed by atoms with Gasteiger partial charge in [-0.3, -0.25) is 14.2 Å². The fourth-order valence-corrected chi connectivity index (χ4v) is 6.29. The molecule has 0 saturated carbocycles. The maximum absolute atomic E-state index is 13.1. The van der Waals surface area contributed by atoms with Crippen molar-refractivity contribution in [1.82, 2.24) is 14.9 Å². The molecule has 0 radical (unpaired) electrons. The van der Waals surface area contributed by atoms with E-state index >= 15 is 0 Å². The Hall–Kier alpha value is -2.42. The Morgan fingerprint density at radius 3 is 2.94 bits per heavy atom. The summed E-state index contributed by atoms with van der Waals surface area (Å²) in [4.78, 5) is 31.7. The molecule has 5 nitrogen and oxygen atoms in total. The van der Waals surface area contributed by atoms with Gasteiger partial charge in [0.1, 0.15) is 4.70 Å². The number of carbonyl (C=O) groups is 1. The lowest BCUT2D eigenvalue weighted by molar-refractivity contribution is -0.119. The van der Waals surface area contributed by atoms with Crippen molar-refractivity contribution < 1.29 is 4.79 Å². The molecule has 4 aromatic rings. The molecule has 5 rings (SSSR count). The monoisotopic (exact) mass is 467 g/mol. The summed E-state index contributed by atoms with van der Waals surface area (Å²) >= 11 is 4.44. The number of thiophene rings is 2. The highest BCUT2D eigenvalue weighted by molar-refractivity contribution is 7.99. The van der Waals surface area contributed by atoms with Gasteiger partial charge >= 0.3 is 0 Å². The second-order valence-electron chi connectivity index (χ2n) is 7.46. The first kappa shape index (κ1) is 20.5. The number of amides is 1. The van der Waals surface area contributed by atoms with Crippen molar-refractivity contribution in [3.8, 4) is 0 Å². The Labute approximate surface area is 192 Å². The predicted molar refractivity (Wildman–Crippen MR) is 128 cm³/mol. The van der Waals surface area contributed by atoms with Crippen molar-refractivity contribution in [3.05, 3.63) is 79.6 Å². The molecule has 1 N–H and O–H groups in total. The fourth-order valence-electron chi connectivity index (χ4n) is 3.98. The Bertz CT molecular complexity index is 1280. The van der Waals surface area contributed by atoms with E-state index in [1.54, 1.807) is 15.9 Å². The third-order valence-electron chi connectivity index (χ3n) is 5.49. The van der Waals surface area contributed by atoms with Crippen molar-refractivity contribution in [3.63, 3.8) is 0 Å². The average Bonchev–Trinajstić information content (AvgIpc) is 3.53. The van der Waals surface area contributed by atoms with Crippen molar-refractivity contribution in [2.45, 2.75) is 37.0 Å².